The molecule has 5 amide bonds. The Hall–Kier alpha value is -6.23. The molecular weight excluding hydrogens is 765 g/mol. The van der Waals surface area contributed by atoms with Crippen molar-refractivity contribution in [1.29, 1.82) is 0 Å². The molecule has 7 heterocycles. The molecule has 4 aromatic heterocycles. The van der Waals surface area contributed by atoms with E-state index in [9.17, 15) is 19.2 Å². The van der Waals surface area contributed by atoms with Gasteiger partial charge < -0.3 is 25.0 Å². The zero-order valence-electron chi connectivity index (χ0n) is 34.1. The van der Waals surface area contributed by atoms with Crippen LogP contribution in [0.15, 0.2) is 47.2 Å². The van der Waals surface area contributed by atoms with E-state index in [4.69, 9.17) is 4.52 Å². The molecule has 2 saturated heterocycles. The first kappa shape index (κ1) is 39.2. The number of unbranched alkanes of at least 4 members (excludes halogenated alkanes) is 2. The first-order valence-electron chi connectivity index (χ1n) is 21.1. The number of fused-ring (bicyclic) bond motifs is 2. The Morgan fingerprint density at radius 2 is 1.77 bits per heavy atom. The molecule has 17 heteroatoms. The van der Waals surface area contributed by atoms with Crippen molar-refractivity contribution in [2.45, 2.75) is 96.6 Å². The average Bonchev–Trinajstić information content (AvgIpc) is 4.06. The summed E-state index contributed by atoms with van der Waals surface area (Å²) in [6.45, 7) is 8.96. The van der Waals surface area contributed by atoms with E-state index in [0.717, 1.165) is 112 Å². The number of anilines is 3. The zero-order valence-corrected chi connectivity index (χ0v) is 34.1. The molecule has 312 valence electrons. The van der Waals surface area contributed by atoms with Gasteiger partial charge in [-0.25, -0.2) is 14.3 Å². The minimum atomic E-state index is -0.606. The number of benzene rings is 1. The van der Waals surface area contributed by atoms with Crippen LogP contribution in [0, 0.1) is 13.8 Å². The van der Waals surface area contributed by atoms with Crippen LogP contribution in [0.25, 0.3) is 17.2 Å². The molecule has 17 nitrogen and oxygen atoms in total. The van der Waals surface area contributed by atoms with Gasteiger partial charge in [-0.15, -0.1) is 0 Å². The molecule has 60 heavy (non-hydrogen) atoms. The first-order valence-corrected chi connectivity index (χ1v) is 21.1. The summed E-state index contributed by atoms with van der Waals surface area (Å²) in [7, 11) is 0. The van der Waals surface area contributed by atoms with E-state index < -0.39 is 11.9 Å². The molecule has 4 aliphatic rings. The zero-order chi connectivity index (χ0) is 41.3. The number of amides is 5. The summed E-state index contributed by atoms with van der Waals surface area (Å²) < 4.78 is 7.46. The van der Waals surface area contributed by atoms with Gasteiger partial charge in [0, 0.05) is 68.8 Å². The number of hydrogen-bond acceptors (Lipinski definition) is 12. The summed E-state index contributed by atoms with van der Waals surface area (Å²) in [5, 5.41) is 17.2. The number of urea groups is 1. The summed E-state index contributed by atoms with van der Waals surface area (Å²) in [4.78, 5) is 70.5. The number of piperidine rings is 1. The maximum absolute atomic E-state index is 13.2. The maximum atomic E-state index is 13.2. The molecular formula is C43H50N12O5. The Kier molecular flexibility index (Phi) is 11.0. The Morgan fingerprint density at radius 3 is 2.57 bits per heavy atom. The fourth-order valence-corrected chi connectivity index (χ4v) is 9.14. The highest BCUT2D eigenvalue weighted by molar-refractivity contribution is 6.05. The maximum Gasteiger partial charge on any atom is 0.323 e. The predicted octanol–water partition coefficient (Wildman–Crippen LogP) is 5.39. The highest BCUT2D eigenvalue weighted by Crippen LogP contribution is 2.38. The third kappa shape index (κ3) is 8.17. The van der Waals surface area contributed by atoms with Crippen LogP contribution in [0.3, 0.4) is 0 Å². The second kappa shape index (κ2) is 16.8. The number of nitrogens with one attached hydrogen (secondary N) is 3. The molecule has 1 aliphatic carbocycles. The fourth-order valence-electron chi connectivity index (χ4n) is 9.14. The second-order valence-electron chi connectivity index (χ2n) is 16.5. The lowest BCUT2D eigenvalue weighted by Crippen LogP contribution is -2.52. The number of nitrogens with zero attached hydrogens (tertiary/aromatic N) is 9. The predicted molar refractivity (Wildman–Crippen MR) is 223 cm³/mol. The first-order chi connectivity index (χ1) is 29.2. The third-order valence-electron chi connectivity index (χ3n) is 12.3. The summed E-state index contributed by atoms with van der Waals surface area (Å²) in [6.07, 6.45) is 12.1. The van der Waals surface area contributed by atoms with Gasteiger partial charge in [0.1, 0.15) is 11.7 Å². The number of aryl methyl sites for hydroxylation is 3. The number of hydrogen-bond donors (Lipinski definition) is 3. The van der Waals surface area contributed by atoms with Crippen molar-refractivity contribution in [3.8, 4) is 11.5 Å². The van der Waals surface area contributed by atoms with Gasteiger partial charge in [0.2, 0.25) is 23.5 Å². The molecule has 0 spiro atoms. The second-order valence-corrected chi connectivity index (χ2v) is 16.5. The van der Waals surface area contributed by atoms with E-state index >= 15 is 0 Å². The molecule has 0 bridgehead atoms. The van der Waals surface area contributed by atoms with E-state index in [1.807, 2.05) is 42.6 Å². The molecule has 1 aromatic carbocycles. The summed E-state index contributed by atoms with van der Waals surface area (Å²) in [5.41, 5.74) is 7.93. The molecule has 3 aliphatic heterocycles. The van der Waals surface area contributed by atoms with Gasteiger partial charge in [-0.2, -0.15) is 10.1 Å². The number of pyridine rings is 1. The molecule has 1 unspecified atom stereocenters. The lowest BCUT2D eigenvalue weighted by Gasteiger charge is -2.36. The quantitative estimate of drug-likeness (QED) is 0.108. The van der Waals surface area contributed by atoms with Crippen LogP contribution >= 0.6 is 0 Å². The SMILES string of the molecule is Cc1cc2ncc(NC(=O)Nc3cnc(-c4noc(CCCCCN5CCN(c6ccc7c(c6)CN(C6CCC(=O)NC6=O)C7=O)CC5)n4)c(C)c3)c(C3CCCC3)n2n1. The number of carbonyl (C=O) groups is 4. The lowest BCUT2D eigenvalue weighted by molar-refractivity contribution is -0.136. The van der Waals surface area contributed by atoms with Crippen molar-refractivity contribution in [2.75, 3.05) is 48.3 Å². The van der Waals surface area contributed by atoms with Gasteiger partial charge in [0.15, 0.2) is 5.65 Å². The van der Waals surface area contributed by atoms with E-state index in [-0.39, 0.29) is 24.3 Å². The van der Waals surface area contributed by atoms with Crippen molar-refractivity contribution >= 4 is 46.5 Å². The number of carbonyl (C=O) groups excluding carboxylic acids is 4. The minimum absolute atomic E-state index is 0.146. The van der Waals surface area contributed by atoms with Crippen LogP contribution in [-0.4, -0.2) is 102 Å². The van der Waals surface area contributed by atoms with Crippen LogP contribution in [0.2, 0.25) is 0 Å². The lowest BCUT2D eigenvalue weighted by atomic mass is 10.0. The van der Waals surface area contributed by atoms with E-state index in [2.05, 4.69) is 57.0 Å². The van der Waals surface area contributed by atoms with Crippen molar-refractivity contribution in [3.63, 3.8) is 0 Å². The van der Waals surface area contributed by atoms with Crippen LogP contribution in [0.1, 0.15) is 102 Å². The van der Waals surface area contributed by atoms with Crippen LogP contribution in [-0.2, 0) is 22.6 Å². The fraction of sp³-hybridized carbons (Fsp3) is 0.465. The van der Waals surface area contributed by atoms with Gasteiger partial charge in [-0.1, -0.05) is 24.4 Å². The van der Waals surface area contributed by atoms with Crippen molar-refractivity contribution in [1.82, 2.24) is 44.8 Å². The number of rotatable bonds is 12. The Labute approximate surface area is 347 Å². The van der Waals surface area contributed by atoms with Gasteiger partial charge in [0.25, 0.3) is 5.91 Å². The Morgan fingerprint density at radius 1 is 0.933 bits per heavy atom. The van der Waals surface area contributed by atoms with Crippen LogP contribution in [0.4, 0.5) is 21.9 Å². The highest BCUT2D eigenvalue weighted by atomic mass is 16.5. The molecule has 0 radical (unpaired) electrons. The Balaban J connectivity index is 0.709. The monoisotopic (exact) mass is 814 g/mol. The standard InChI is InChI=1S/C43H50N12O5/c1-26-20-30(46-43(59)47-33-24-44-35-21-27(2)50-55(35)39(33)28-8-5-6-9-28)23-45-38(26)40-49-37(60-51-40)10-4-3-7-15-52-16-18-53(19-17-52)31-11-12-32-29(22-31)25-54(42(32)58)34-13-14-36(56)48-41(34)57/h11-12,20-24,28,34H,3-10,13-19,25H2,1-2H3,(H2,46,47,59)(H,48,56,57). The molecule has 3 N–H and O–H groups in total. The molecule has 9 rings (SSSR count). The molecule has 1 saturated carbocycles. The largest absolute Gasteiger partial charge is 0.369 e. The van der Waals surface area contributed by atoms with Crippen molar-refractivity contribution in [3.05, 3.63) is 76.7 Å². The van der Waals surface area contributed by atoms with Gasteiger partial charge in [0.05, 0.1) is 35.2 Å². The topological polar surface area (TPSA) is 196 Å². The van der Waals surface area contributed by atoms with Crippen LogP contribution < -0.4 is 20.9 Å². The Bertz CT molecular complexity index is 2450. The summed E-state index contributed by atoms with van der Waals surface area (Å²) in [5.74, 6) is 0.493. The average molecular weight is 815 g/mol. The molecule has 3 fully saturated rings. The van der Waals surface area contributed by atoms with E-state index in [0.29, 0.717) is 59.7 Å². The number of imide groups is 1. The normalized spacial score (nSPS) is 18.7. The minimum Gasteiger partial charge on any atom is -0.369 e. The molecule has 5 aromatic rings. The number of aromatic nitrogens is 6. The van der Waals surface area contributed by atoms with E-state index in [1.165, 1.54) is 0 Å². The summed E-state index contributed by atoms with van der Waals surface area (Å²) in [6, 6.07) is 8.77. The third-order valence-corrected chi connectivity index (χ3v) is 12.3. The van der Waals surface area contributed by atoms with Crippen molar-refractivity contribution in [2.24, 2.45) is 0 Å². The van der Waals surface area contributed by atoms with Gasteiger partial charge >= 0.3 is 6.03 Å². The van der Waals surface area contributed by atoms with E-state index in [1.54, 1.807) is 17.3 Å². The van der Waals surface area contributed by atoms with Crippen molar-refractivity contribution < 1.29 is 23.7 Å². The summed E-state index contributed by atoms with van der Waals surface area (Å²) >= 11 is 0. The van der Waals surface area contributed by atoms with Gasteiger partial charge in [-0.05, 0) is 87.9 Å². The van der Waals surface area contributed by atoms with Gasteiger partial charge in [-0.3, -0.25) is 29.6 Å². The van der Waals surface area contributed by atoms with Crippen LogP contribution in [0.5, 0.6) is 0 Å². The molecule has 1 atom stereocenters. The smallest absolute Gasteiger partial charge is 0.323 e. The highest BCUT2D eigenvalue weighted by Gasteiger charge is 2.39. The number of piperazine rings is 1.